The summed E-state index contributed by atoms with van der Waals surface area (Å²) in [4.78, 5) is 0. The van der Waals surface area contributed by atoms with Crippen molar-refractivity contribution in [2.45, 2.75) is 46.5 Å². The third-order valence-corrected chi connectivity index (χ3v) is 4.08. The summed E-state index contributed by atoms with van der Waals surface area (Å²) in [6.07, 6.45) is 0. The van der Waals surface area contributed by atoms with Crippen LogP contribution >= 0.6 is 23.2 Å². The fraction of sp³-hybridized carbons (Fsp3) is 0.368. The standard InChI is InChI=1S/C10H13F.C9H10Cl2/c1-7(2)9-4-8(3)5-10(11)6-9;1-6(2)7-3-4-8(10)9(11)5-7/h4-7H,1-3H3;3-6H,1-2H3. The van der Waals surface area contributed by atoms with Crippen molar-refractivity contribution in [1.82, 2.24) is 0 Å². The monoisotopic (exact) mass is 340 g/mol. The van der Waals surface area contributed by atoms with Crippen LogP contribution in [-0.2, 0) is 0 Å². The Bertz CT molecular complexity index is 599. The molecule has 120 valence electrons. The van der Waals surface area contributed by atoms with E-state index >= 15 is 0 Å². The number of benzene rings is 2. The van der Waals surface area contributed by atoms with Crippen molar-refractivity contribution in [1.29, 1.82) is 0 Å². The summed E-state index contributed by atoms with van der Waals surface area (Å²) < 4.78 is 12.8. The van der Waals surface area contributed by atoms with Crippen molar-refractivity contribution < 1.29 is 4.39 Å². The maximum atomic E-state index is 12.8. The Balaban J connectivity index is 0.000000220. The summed E-state index contributed by atoms with van der Waals surface area (Å²) in [6.45, 7) is 10.3. The van der Waals surface area contributed by atoms with Crippen LogP contribution in [0.15, 0.2) is 36.4 Å². The second-order valence-electron chi connectivity index (χ2n) is 6.04. The molecule has 0 saturated carbocycles. The molecule has 2 rings (SSSR count). The zero-order valence-electron chi connectivity index (χ0n) is 13.8. The lowest BCUT2D eigenvalue weighted by molar-refractivity contribution is 0.622. The van der Waals surface area contributed by atoms with Crippen LogP contribution in [0.5, 0.6) is 0 Å². The maximum absolute atomic E-state index is 12.8. The molecule has 0 aliphatic rings. The number of aryl methyl sites for hydroxylation is 1. The predicted molar refractivity (Wildman–Crippen MR) is 95.8 cm³/mol. The van der Waals surface area contributed by atoms with Gasteiger partial charge in [0.25, 0.3) is 0 Å². The predicted octanol–water partition coefficient (Wildman–Crippen LogP) is 7.37. The topological polar surface area (TPSA) is 0 Å². The Kier molecular flexibility index (Phi) is 7.38. The minimum atomic E-state index is -0.131. The van der Waals surface area contributed by atoms with E-state index in [2.05, 4.69) is 27.7 Å². The Hall–Kier alpha value is -1.05. The largest absolute Gasteiger partial charge is 0.207 e. The van der Waals surface area contributed by atoms with Gasteiger partial charge in [-0.25, -0.2) is 4.39 Å². The summed E-state index contributed by atoms with van der Waals surface area (Å²) in [6, 6.07) is 10.9. The van der Waals surface area contributed by atoms with E-state index in [4.69, 9.17) is 23.2 Å². The second-order valence-corrected chi connectivity index (χ2v) is 6.86. The van der Waals surface area contributed by atoms with Gasteiger partial charge in [-0.15, -0.1) is 0 Å². The second kappa shape index (κ2) is 8.55. The van der Waals surface area contributed by atoms with Crippen molar-refractivity contribution in [3.05, 3.63) is 69.0 Å². The van der Waals surface area contributed by atoms with E-state index in [9.17, 15) is 4.39 Å². The molecule has 0 aliphatic carbocycles. The van der Waals surface area contributed by atoms with Gasteiger partial charge in [-0.1, -0.05) is 63.0 Å². The third kappa shape index (κ3) is 5.98. The number of hydrogen-bond donors (Lipinski definition) is 0. The minimum Gasteiger partial charge on any atom is -0.207 e. The Morgan fingerprint density at radius 3 is 1.82 bits per heavy atom. The molecular weight excluding hydrogens is 318 g/mol. The van der Waals surface area contributed by atoms with Gasteiger partial charge >= 0.3 is 0 Å². The molecule has 3 heteroatoms. The molecule has 0 fully saturated rings. The highest BCUT2D eigenvalue weighted by Crippen LogP contribution is 2.25. The van der Waals surface area contributed by atoms with Crippen LogP contribution in [0.4, 0.5) is 4.39 Å². The van der Waals surface area contributed by atoms with Gasteiger partial charge in [0.15, 0.2) is 0 Å². The normalized spacial score (nSPS) is 10.6. The highest BCUT2D eigenvalue weighted by atomic mass is 35.5. The molecule has 0 nitrogen and oxygen atoms in total. The lowest BCUT2D eigenvalue weighted by Gasteiger charge is -2.05. The van der Waals surface area contributed by atoms with E-state index in [-0.39, 0.29) is 5.82 Å². The Morgan fingerprint density at radius 1 is 0.773 bits per heavy atom. The van der Waals surface area contributed by atoms with Gasteiger partial charge in [-0.3, -0.25) is 0 Å². The van der Waals surface area contributed by atoms with E-state index in [0.29, 0.717) is 21.9 Å². The van der Waals surface area contributed by atoms with Gasteiger partial charge in [0.1, 0.15) is 5.82 Å². The van der Waals surface area contributed by atoms with Gasteiger partial charge in [0.05, 0.1) is 10.0 Å². The van der Waals surface area contributed by atoms with Gasteiger partial charge in [-0.05, 0) is 59.7 Å². The van der Waals surface area contributed by atoms with Crippen LogP contribution in [0.2, 0.25) is 10.0 Å². The first-order chi connectivity index (χ1) is 10.2. The molecule has 0 unspecified atom stereocenters. The molecule has 2 aromatic rings. The molecule has 2 aromatic carbocycles. The van der Waals surface area contributed by atoms with E-state index in [1.807, 2.05) is 31.2 Å². The quantitative estimate of drug-likeness (QED) is 0.535. The Labute approximate surface area is 143 Å². The minimum absolute atomic E-state index is 0.131. The van der Waals surface area contributed by atoms with E-state index < -0.39 is 0 Å². The summed E-state index contributed by atoms with van der Waals surface area (Å²) >= 11 is 11.6. The highest BCUT2D eigenvalue weighted by Gasteiger charge is 2.02. The molecule has 0 atom stereocenters. The van der Waals surface area contributed by atoms with Gasteiger partial charge in [0, 0.05) is 0 Å². The smallest absolute Gasteiger partial charge is 0.123 e. The summed E-state index contributed by atoms with van der Waals surface area (Å²) in [5.41, 5.74) is 3.29. The molecule has 0 bridgehead atoms. The molecule has 0 spiro atoms. The van der Waals surface area contributed by atoms with Crippen LogP contribution in [0.3, 0.4) is 0 Å². The summed E-state index contributed by atoms with van der Waals surface area (Å²) in [5, 5.41) is 1.26. The molecule has 0 radical (unpaired) electrons. The van der Waals surface area contributed by atoms with Crippen molar-refractivity contribution >= 4 is 23.2 Å². The first-order valence-corrected chi connectivity index (χ1v) is 8.18. The number of rotatable bonds is 2. The summed E-state index contributed by atoms with van der Waals surface area (Å²) in [5.74, 6) is 0.780. The fourth-order valence-electron chi connectivity index (χ4n) is 1.97. The van der Waals surface area contributed by atoms with Crippen molar-refractivity contribution in [3.8, 4) is 0 Å². The molecular formula is C19H23Cl2F. The average molecular weight is 341 g/mol. The van der Waals surface area contributed by atoms with E-state index in [1.165, 1.54) is 5.56 Å². The highest BCUT2D eigenvalue weighted by molar-refractivity contribution is 6.42. The molecule has 0 aliphatic heterocycles. The van der Waals surface area contributed by atoms with Gasteiger partial charge < -0.3 is 0 Å². The van der Waals surface area contributed by atoms with Crippen LogP contribution < -0.4 is 0 Å². The van der Waals surface area contributed by atoms with Crippen LogP contribution in [0.25, 0.3) is 0 Å². The first-order valence-electron chi connectivity index (χ1n) is 7.42. The lowest BCUT2D eigenvalue weighted by Crippen LogP contribution is -1.89. The average Bonchev–Trinajstić information content (AvgIpc) is 2.41. The zero-order chi connectivity index (χ0) is 16.9. The zero-order valence-corrected chi connectivity index (χ0v) is 15.3. The molecule has 0 amide bonds. The Morgan fingerprint density at radius 2 is 1.36 bits per heavy atom. The van der Waals surface area contributed by atoms with Crippen molar-refractivity contribution in [3.63, 3.8) is 0 Å². The van der Waals surface area contributed by atoms with Crippen LogP contribution in [0.1, 0.15) is 56.2 Å². The van der Waals surface area contributed by atoms with Crippen LogP contribution in [-0.4, -0.2) is 0 Å². The lowest BCUT2D eigenvalue weighted by atomic mass is 10.0. The first kappa shape index (κ1) is 19.0. The van der Waals surface area contributed by atoms with Crippen molar-refractivity contribution in [2.24, 2.45) is 0 Å². The van der Waals surface area contributed by atoms with Crippen LogP contribution in [0, 0.1) is 12.7 Å². The maximum Gasteiger partial charge on any atom is 0.123 e. The van der Waals surface area contributed by atoms with E-state index in [1.54, 1.807) is 12.1 Å². The van der Waals surface area contributed by atoms with Gasteiger partial charge in [-0.2, -0.15) is 0 Å². The number of halogens is 3. The third-order valence-electron chi connectivity index (χ3n) is 3.34. The molecule has 0 heterocycles. The molecule has 0 saturated heterocycles. The van der Waals surface area contributed by atoms with Gasteiger partial charge in [0.2, 0.25) is 0 Å². The van der Waals surface area contributed by atoms with Crippen molar-refractivity contribution in [2.75, 3.05) is 0 Å². The van der Waals surface area contributed by atoms with E-state index in [0.717, 1.165) is 11.1 Å². The molecule has 0 N–H and O–H groups in total. The fourth-order valence-corrected chi connectivity index (χ4v) is 2.28. The summed E-state index contributed by atoms with van der Waals surface area (Å²) in [7, 11) is 0. The number of hydrogen-bond acceptors (Lipinski definition) is 0. The SMILES string of the molecule is CC(C)c1ccc(Cl)c(Cl)c1.Cc1cc(F)cc(C(C)C)c1. The molecule has 0 aromatic heterocycles. The molecule has 22 heavy (non-hydrogen) atoms.